The Hall–Kier alpha value is -4.83. The molecule has 9 atom stereocenters. The van der Waals surface area contributed by atoms with Crippen LogP contribution in [-0.4, -0.2) is 99.8 Å². The second-order valence-corrected chi connectivity index (χ2v) is 15.3. The number of hydrogen-bond acceptors (Lipinski definition) is 16. The van der Waals surface area contributed by atoms with E-state index in [0.717, 1.165) is 13.8 Å². The van der Waals surface area contributed by atoms with Gasteiger partial charge >= 0.3 is 35.8 Å². The molecular formula is C38H47NO15. The molecule has 1 aliphatic heterocycles. The molecule has 5 rings (SSSR count). The molecule has 2 aromatic rings. The van der Waals surface area contributed by atoms with E-state index in [9.17, 15) is 33.9 Å². The number of aromatic nitrogens is 1. The number of pyridine rings is 1. The molecule has 0 unspecified atom stereocenters. The van der Waals surface area contributed by atoms with E-state index in [-0.39, 0.29) is 11.5 Å². The van der Waals surface area contributed by atoms with E-state index >= 15 is 0 Å². The summed E-state index contributed by atoms with van der Waals surface area (Å²) in [4.78, 5) is 85.3. The lowest BCUT2D eigenvalue weighted by molar-refractivity contribution is -0.362. The van der Waals surface area contributed by atoms with Crippen molar-refractivity contribution in [2.75, 3.05) is 6.61 Å². The number of esters is 6. The van der Waals surface area contributed by atoms with Gasteiger partial charge in [-0.15, -0.1) is 0 Å². The molecule has 54 heavy (non-hydrogen) atoms. The average Bonchev–Trinajstić information content (AvgIpc) is 3.68. The molecule has 3 aliphatic rings. The van der Waals surface area contributed by atoms with Crippen LogP contribution in [0.15, 0.2) is 47.2 Å². The van der Waals surface area contributed by atoms with E-state index < -0.39 is 119 Å². The van der Waals surface area contributed by atoms with Crippen molar-refractivity contribution in [1.82, 2.24) is 4.98 Å². The molecule has 3 fully saturated rings. The van der Waals surface area contributed by atoms with Crippen molar-refractivity contribution in [2.24, 2.45) is 23.2 Å². The van der Waals surface area contributed by atoms with E-state index in [4.69, 9.17) is 37.6 Å². The van der Waals surface area contributed by atoms with Crippen LogP contribution < -0.4 is 0 Å². The maximum Gasteiger partial charge on any atom is 0.374 e. The van der Waals surface area contributed by atoms with Crippen molar-refractivity contribution in [1.29, 1.82) is 0 Å². The molecule has 2 aliphatic carbocycles. The fourth-order valence-electron chi connectivity index (χ4n) is 8.32. The van der Waals surface area contributed by atoms with E-state index in [1.807, 2.05) is 0 Å². The number of ether oxygens (including phenoxy) is 7. The zero-order valence-corrected chi connectivity index (χ0v) is 31.7. The number of furan rings is 1. The largest absolute Gasteiger partial charge is 0.464 e. The molecule has 2 bridgehead atoms. The van der Waals surface area contributed by atoms with E-state index in [1.165, 1.54) is 43.6 Å². The molecule has 16 heteroatoms. The Bertz CT molecular complexity index is 1750. The molecule has 0 amide bonds. The molecule has 2 aromatic heterocycles. The Balaban J connectivity index is 1.93. The van der Waals surface area contributed by atoms with Crippen molar-refractivity contribution < 1.29 is 71.4 Å². The Morgan fingerprint density at radius 1 is 0.815 bits per heavy atom. The predicted octanol–water partition coefficient (Wildman–Crippen LogP) is 3.37. The summed E-state index contributed by atoms with van der Waals surface area (Å²) in [6.07, 6.45) is -6.38. The van der Waals surface area contributed by atoms with Gasteiger partial charge in [0.15, 0.2) is 17.8 Å². The lowest BCUT2D eigenvalue weighted by atomic mass is 9.45. The first kappa shape index (κ1) is 40.4. The third-order valence-corrected chi connectivity index (χ3v) is 10.4. The van der Waals surface area contributed by atoms with Crippen LogP contribution in [0.4, 0.5) is 0 Å². The third kappa shape index (κ3) is 6.85. The van der Waals surface area contributed by atoms with Crippen LogP contribution in [0.25, 0.3) is 0 Å². The fraction of sp³-hybridized carbons (Fsp3) is 0.605. The number of fused-ring (bicyclic) bond motifs is 1. The molecule has 1 N–H and O–H groups in total. The summed E-state index contributed by atoms with van der Waals surface area (Å²) in [6, 6.07) is 7.20. The van der Waals surface area contributed by atoms with Gasteiger partial charge in [-0.3, -0.25) is 19.2 Å². The summed E-state index contributed by atoms with van der Waals surface area (Å²) in [5.74, 6) is -8.34. The number of hydrogen-bond donors (Lipinski definition) is 1. The first-order valence-corrected chi connectivity index (χ1v) is 17.7. The minimum atomic E-state index is -2.40. The minimum Gasteiger partial charge on any atom is -0.464 e. The van der Waals surface area contributed by atoms with Gasteiger partial charge in [0.1, 0.15) is 36.0 Å². The second kappa shape index (κ2) is 14.8. The summed E-state index contributed by atoms with van der Waals surface area (Å²) < 4.78 is 48.9. The van der Waals surface area contributed by atoms with Crippen LogP contribution in [-0.2, 0) is 52.3 Å². The van der Waals surface area contributed by atoms with Gasteiger partial charge in [0.05, 0.1) is 35.2 Å². The van der Waals surface area contributed by atoms with Gasteiger partial charge in [-0.1, -0.05) is 33.8 Å². The van der Waals surface area contributed by atoms with Crippen LogP contribution in [0.1, 0.15) is 89.8 Å². The number of aliphatic hydroxyl groups is 1. The molecule has 1 saturated heterocycles. The lowest BCUT2D eigenvalue weighted by Crippen LogP contribution is -2.85. The SMILES string of the molecule is CC(=O)O[C@H]1C[C@](C)(O)[C@]23OC(C)(C)[C@H]([C@@H](OC(=O)C(C)C)[C@H](OC(=O)c4ccco4)[C@]2(COC(=O)C(C)C)[C@H]1OC(=O)c1ccccn1)[C@H]3OC(C)=O. The highest BCUT2D eigenvalue weighted by molar-refractivity contribution is 5.88. The monoisotopic (exact) mass is 757 g/mol. The van der Waals surface area contributed by atoms with Crippen LogP contribution in [0.3, 0.4) is 0 Å². The smallest absolute Gasteiger partial charge is 0.374 e. The van der Waals surface area contributed by atoms with Crippen LogP contribution in [0.2, 0.25) is 0 Å². The zero-order chi connectivity index (χ0) is 40.0. The minimum absolute atomic E-state index is 0.190. The van der Waals surface area contributed by atoms with Crippen molar-refractivity contribution in [2.45, 2.75) is 116 Å². The van der Waals surface area contributed by atoms with Crippen molar-refractivity contribution in [3.05, 3.63) is 54.2 Å². The van der Waals surface area contributed by atoms with E-state index in [0.29, 0.717) is 0 Å². The maximum absolute atomic E-state index is 14.1. The summed E-state index contributed by atoms with van der Waals surface area (Å²) in [5.41, 5.74) is -8.64. The standard InChI is InChI=1S/C38H47NO15/c1-19(2)31(42)48-18-37-28(52-33(44)23-13-10-11-15-39-23)25(49-21(5)40)17-36(9,46)38(37)29(50-22(6)41)26(35(7,8)54-38)27(51-32(43)20(3)4)30(37)53-34(45)24-14-12-16-47-24/h10-16,19-20,25-30,46H,17-18H2,1-9H3/t25-,26+,27+,28-,29+,30-,36-,37-,38-/m0/s1. The summed E-state index contributed by atoms with van der Waals surface area (Å²) in [7, 11) is 0. The van der Waals surface area contributed by atoms with Gasteiger partial charge in [-0.2, -0.15) is 0 Å². The number of rotatable bonds is 11. The van der Waals surface area contributed by atoms with Gasteiger partial charge in [0.25, 0.3) is 0 Å². The maximum atomic E-state index is 14.1. The Morgan fingerprint density at radius 2 is 1.46 bits per heavy atom. The highest BCUT2D eigenvalue weighted by atomic mass is 16.7. The quantitative estimate of drug-likeness (QED) is 0.257. The molecule has 294 valence electrons. The van der Waals surface area contributed by atoms with E-state index in [2.05, 4.69) is 4.98 Å². The van der Waals surface area contributed by atoms with Crippen molar-refractivity contribution in [3.63, 3.8) is 0 Å². The zero-order valence-electron chi connectivity index (χ0n) is 31.7. The van der Waals surface area contributed by atoms with Crippen molar-refractivity contribution in [3.8, 4) is 0 Å². The first-order chi connectivity index (χ1) is 25.2. The molecule has 1 spiro atoms. The van der Waals surface area contributed by atoms with Gasteiger partial charge in [0, 0.05) is 26.5 Å². The summed E-state index contributed by atoms with van der Waals surface area (Å²) in [6.45, 7) is 12.1. The number of carbonyl (C=O) groups excluding carboxylic acids is 6. The topological polar surface area (TPSA) is 213 Å². The second-order valence-electron chi connectivity index (χ2n) is 15.3. The van der Waals surface area contributed by atoms with E-state index in [1.54, 1.807) is 47.6 Å². The van der Waals surface area contributed by atoms with Crippen LogP contribution in [0.5, 0.6) is 0 Å². The van der Waals surface area contributed by atoms with Crippen LogP contribution >= 0.6 is 0 Å². The molecule has 0 radical (unpaired) electrons. The first-order valence-electron chi connectivity index (χ1n) is 17.7. The Kier molecular flexibility index (Phi) is 11.0. The lowest BCUT2D eigenvalue weighted by Gasteiger charge is -2.66. The molecule has 16 nitrogen and oxygen atoms in total. The van der Waals surface area contributed by atoms with Gasteiger partial charge in [-0.25, -0.2) is 14.6 Å². The Morgan fingerprint density at radius 3 is 2.02 bits per heavy atom. The summed E-state index contributed by atoms with van der Waals surface area (Å²) >= 11 is 0. The highest BCUT2D eigenvalue weighted by Gasteiger charge is 2.89. The highest BCUT2D eigenvalue weighted by Crippen LogP contribution is 2.69. The number of nitrogens with zero attached hydrogens (tertiary/aromatic N) is 1. The molecular weight excluding hydrogens is 710 g/mol. The molecule has 3 heterocycles. The molecule has 2 saturated carbocycles. The number of carbonyl (C=O) groups is 6. The normalized spacial score (nSPS) is 32.2. The average molecular weight is 758 g/mol. The molecule has 0 aromatic carbocycles. The third-order valence-electron chi connectivity index (χ3n) is 10.4. The van der Waals surface area contributed by atoms with Crippen molar-refractivity contribution >= 4 is 35.8 Å². The van der Waals surface area contributed by atoms with Gasteiger partial charge < -0.3 is 42.7 Å². The predicted molar refractivity (Wildman–Crippen MR) is 182 cm³/mol. The van der Waals surface area contributed by atoms with Gasteiger partial charge in [0.2, 0.25) is 5.76 Å². The fourth-order valence-corrected chi connectivity index (χ4v) is 8.32. The Labute approximate surface area is 312 Å². The van der Waals surface area contributed by atoms with Gasteiger partial charge in [-0.05, 0) is 45.0 Å². The van der Waals surface area contributed by atoms with Crippen LogP contribution in [0, 0.1) is 23.2 Å². The summed E-state index contributed by atoms with van der Waals surface area (Å²) in [5, 5.41) is 12.9.